The molecule has 0 atom stereocenters. The lowest BCUT2D eigenvalue weighted by Crippen LogP contribution is -2.08. The normalized spacial score (nSPS) is 13.8. The summed E-state index contributed by atoms with van der Waals surface area (Å²) in [6.45, 7) is 6.01. The van der Waals surface area contributed by atoms with E-state index >= 15 is 0 Å². The molecule has 7 aromatic rings. The van der Waals surface area contributed by atoms with Crippen LogP contribution in [0.5, 0.6) is 0 Å². The maximum Gasteiger partial charge on any atom is 0.0991 e. The molecule has 0 aliphatic heterocycles. The lowest BCUT2D eigenvalue weighted by atomic mass is 9.90. The minimum atomic E-state index is 0.689. The third kappa shape index (κ3) is 3.91. The summed E-state index contributed by atoms with van der Waals surface area (Å²) >= 11 is 3.58. The first-order chi connectivity index (χ1) is 21.6. The van der Waals surface area contributed by atoms with Crippen LogP contribution in [0.2, 0.25) is 0 Å². The molecule has 3 heterocycles. The molecule has 0 saturated heterocycles. The second-order valence-electron chi connectivity index (χ2n) is 11.1. The fraction of sp³-hybridized carbons (Fsp3) is 0.0769. The van der Waals surface area contributed by atoms with Gasteiger partial charge < -0.3 is 4.57 Å². The number of aromatic nitrogens is 1. The van der Waals surface area contributed by atoms with E-state index in [-0.39, 0.29) is 0 Å². The predicted molar refractivity (Wildman–Crippen MR) is 189 cm³/mol. The number of nitriles is 2. The van der Waals surface area contributed by atoms with Gasteiger partial charge in [-0.2, -0.15) is 10.5 Å². The summed E-state index contributed by atoms with van der Waals surface area (Å²) in [5.41, 5.74) is 8.04. The molecule has 1 aliphatic carbocycles. The van der Waals surface area contributed by atoms with Crippen LogP contribution in [0.25, 0.3) is 68.6 Å². The van der Waals surface area contributed by atoms with E-state index in [9.17, 15) is 10.5 Å². The van der Waals surface area contributed by atoms with Crippen LogP contribution < -0.4 is 0 Å². The predicted octanol–water partition coefficient (Wildman–Crippen LogP) is 11.4. The van der Waals surface area contributed by atoms with Crippen LogP contribution in [-0.4, -0.2) is 4.57 Å². The van der Waals surface area contributed by atoms with Crippen molar-refractivity contribution in [3.63, 3.8) is 0 Å². The van der Waals surface area contributed by atoms with Crippen LogP contribution >= 0.6 is 22.7 Å². The van der Waals surface area contributed by atoms with Crippen LogP contribution in [0.1, 0.15) is 35.2 Å². The SMILES string of the molecule is C=C/C=C\c1c(C)n(C2=C(C#N)CCC=C2c2ccc3sc4cc5c(cc4c3c2)sc2ccc(C#N)cc25)c2ccccc12. The molecule has 0 bridgehead atoms. The minimum Gasteiger partial charge on any atom is -0.312 e. The highest BCUT2D eigenvalue weighted by Crippen LogP contribution is 2.45. The molecule has 0 spiro atoms. The van der Waals surface area contributed by atoms with E-state index in [1.807, 2.05) is 18.2 Å². The van der Waals surface area contributed by atoms with E-state index in [4.69, 9.17) is 0 Å². The Morgan fingerprint density at radius 1 is 0.795 bits per heavy atom. The van der Waals surface area contributed by atoms with Crippen molar-refractivity contribution < 1.29 is 0 Å². The lowest BCUT2D eigenvalue weighted by Gasteiger charge is -2.23. The largest absolute Gasteiger partial charge is 0.312 e. The molecule has 0 N–H and O–H groups in total. The fourth-order valence-electron chi connectivity index (χ4n) is 6.70. The zero-order valence-electron chi connectivity index (χ0n) is 24.0. The number of fused-ring (bicyclic) bond motifs is 7. The standard InChI is InChI=1S/C39H25N3S2/c1-3-4-9-27-23(2)42(34-12-6-5-10-29(27)34)39-26(22-41)8-7-11-28(39)25-14-16-36-31(18-25)33-20-37-32(19-38(33)44-36)30-17-24(21-40)13-15-35(30)43-37/h3-6,9-20H,1,7-8H2,2H3/b9-4-. The Labute approximate surface area is 262 Å². The van der Waals surface area contributed by atoms with Crippen LogP contribution in [0.4, 0.5) is 0 Å². The Hall–Kier alpha value is -5.20. The summed E-state index contributed by atoms with van der Waals surface area (Å²) in [4.78, 5) is 0. The van der Waals surface area contributed by atoms with Crippen molar-refractivity contribution in [1.29, 1.82) is 10.5 Å². The number of hydrogen-bond acceptors (Lipinski definition) is 4. The highest BCUT2D eigenvalue weighted by molar-refractivity contribution is 7.27. The summed E-state index contributed by atoms with van der Waals surface area (Å²) in [5.74, 6) is 0. The van der Waals surface area contributed by atoms with E-state index in [1.165, 1.54) is 35.0 Å². The molecule has 4 aromatic carbocycles. The maximum absolute atomic E-state index is 10.4. The van der Waals surface area contributed by atoms with Gasteiger partial charge in [0.2, 0.25) is 0 Å². The Kier molecular flexibility index (Phi) is 6.13. The summed E-state index contributed by atoms with van der Waals surface area (Å²) < 4.78 is 7.19. The molecular formula is C39H25N3S2. The van der Waals surface area contributed by atoms with Gasteiger partial charge in [0.25, 0.3) is 0 Å². The zero-order chi connectivity index (χ0) is 29.9. The van der Waals surface area contributed by atoms with E-state index < -0.39 is 0 Å². The average Bonchev–Trinajstić information content (AvgIpc) is 3.69. The number of allylic oxidation sites excluding steroid dienone is 6. The molecule has 208 valence electrons. The van der Waals surface area contributed by atoms with Gasteiger partial charge in [-0.3, -0.25) is 0 Å². The average molecular weight is 600 g/mol. The molecule has 3 aromatic heterocycles. The van der Waals surface area contributed by atoms with E-state index in [0.717, 1.165) is 62.8 Å². The van der Waals surface area contributed by atoms with Gasteiger partial charge in [-0.25, -0.2) is 0 Å². The molecule has 5 heteroatoms. The fourth-order valence-corrected chi connectivity index (χ4v) is 8.91. The maximum atomic E-state index is 10.4. The number of benzene rings is 4. The Morgan fingerprint density at radius 2 is 1.50 bits per heavy atom. The van der Waals surface area contributed by atoms with Crippen molar-refractivity contribution in [1.82, 2.24) is 4.57 Å². The van der Waals surface area contributed by atoms with Gasteiger partial charge in [-0.15, -0.1) is 22.7 Å². The monoisotopic (exact) mass is 599 g/mol. The second kappa shape index (κ2) is 10.2. The lowest BCUT2D eigenvalue weighted by molar-refractivity contribution is 0.966. The van der Waals surface area contributed by atoms with Crippen molar-refractivity contribution in [3.05, 3.63) is 126 Å². The highest BCUT2D eigenvalue weighted by atomic mass is 32.1. The van der Waals surface area contributed by atoms with E-state index in [0.29, 0.717) is 5.56 Å². The van der Waals surface area contributed by atoms with Gasteiger partial charge in [0, 0.05) is 62.6 Å². The molecule has 1 aliphatic rings. The van der Waals surface area contributed by atoms with Crippen LogP contribution in [0.3, 0.4) is 0 Å². The topological polar surface area (TPSA) is 52.5 Å². The van der Waals surface area contributed by atoms with Crippen LogP contribution in [0, 0.1) is 29.6 Å². The molecule has 0 unspecified atom stereocenters. The number of hydrogen-bond donors (Lipinski definition) is 0. The molecule has 8 rings (SSSR count). The van der Waals surface area contributed by atoms with Gasteiger partial charge >= 0.3 is 0 Å². The number of rotatable bonds is 4. The van der Waals surface area contributed by atoms with Crippen molar-refractivity contribution in [3.8, 4) is 12.1 Å². The van der Waals surface area contributed by atoms with Gasteiger partial charge in [-0.1, -0.05) is 55.1 Å². The van der Waals surface area contributed by atoms with Gasteiger partial charge in [-0.05, 0) is 73.9 Å². The minimum absolute atomic E-state index is 0.689. The smallest absolute Gasteiger partial charge is 0.0991 e. The van der Waals surface area contributed by atoms with Crippen molar-refractivity contribution >= 4 is 91.3 Å². The first-order valence-electron chi connectivity index (χ1n) is 14.6. The van der Waals surface area contributed by atoms with Gasteiger partial charge in [0.15, 0.2) is 0 Å². The second-order valence-corrected chi connectivity index (χ2v) is 13.3. The number of nitrogens with zero attached hydrogens (tertiary/aromatic N) is 3. The molecule has 0 saturated carbocycles. The first-order valence-corrected chi connectivity index (χ1v) is 16.2. The van der Waals surface area contributed by atoms with Crippen LogP contribution in [-0.2, 0) is 0 Å². The van der Waals surface area contributed by atoms with E-state index in [1.54, 1.807) is 28.7 Å². The van der Waals surface area contributed by atoms with Gasteiger partial charge in [0.05, 0.1) is 34.5 Å². The van der Waals surface area contributed by atoms with Gasteiger partial charge in [0.1, 0.15) is 0 Å². The summed E-state index contributed by atoms with van der Waals surface area (Å²) in [5, 5.41) is 25.8. The molecule has 0 fully saturated rings. The Bertz CT molecular complexity index is 2550. The Morgan fingerprint density at radius 3 is 2.23 bits per heavy atom. The van der Waals surface area contributed by atoms with E-state index in [2.05, 4.69) is 103 Å². The van der Waals surface area contributed by atoms with Crippen molar-refractivity contribution in [2.24, 2.45) is 0 Å². The third-order valence-electron chi connectivity index (χ3n) is 8.70. The molecular weight excluding hydrogens is 575 g/mol. The third-order valence-corrected chi connectivity index (χ3v) is 11.0. The van der Waals surface area contributed by atoms with Crippen LogP contribution in [0.15, 0.2) is 103 Å². The molecule has 0 radical (unpaired) electrons. The molecule has 3 nitrogen and oxygen atoms in total. The van der Waals surface area contributed by atoms with Crippen molar-refractivity contribution in [2.75, 3.05) is 0 Å². The zero-order valence-corrected chi connectivity index (χ0v) is 25.7. The number of thiophene rings is 2. The van der Waals surface area contributed by atoms with Crippen molar-refractivity contribution in [2.45, 2.75) is 19.8 Å². The number of para-hydroxylation sites is 1. The summed E-state index contributed by atoms with van der Waals surface area (Å²) in [7, 11) is 0. The summed E-state index contributed by atoms with van der Waals surface area (Å²) in [6, 6.07) is 30.6. The highest BCUT2D eigenvalue weighted by Gasteiger charge is 2.24. The molecule has 0 amide bonds. The summed E-state index contributed by atoms with van der Waals surface area (Å²) in [6.07, 6.45) is 9.74. The quantitative estimate of drug-likeness (QED) is 0.189. The Balaban J connectivity index is 1.34. The molecule has 44 heavy (non-hydrogen) atoms. The first kappa shape index (κ1) is 26.4.